The summed E-state index contributed by atoms with van der Waals surface area (Å²) in [7, 11) is 0. The SMILES string of the molecule is CCCC1CC[C](C2CC[C](c3ccc(OC(F)(F)F)c(F)c3)CC2)CC1. The third-order valence-corrected chi connectivity index (χ3v) is 6.18. The average Bonchev–Trinajstić information content (AvgIpc) is 2.63. The Morgan fingerprint density at radius 1 is 1.00 bits per heavy atom. The lowest BCUT2D eigenvalue weighted by Crippen LogP contribution is -2.24. The fraction of sp³-hybridized carbons (Fsp3) is 0.636. The first kappa shape index (κ1) is 20.5. The Hall–Kier alpha value is -1.26. The molecule has 0 amide bonds. The maximum absolute atomic E-state index is 14.0. The quantitative estimate of drug-likeness (QED) is 0.481. The molecule has 0 aromatic heterocycles. The predicted molar refractivity (Wildman–Crippen MR) is 97.5 cm³/mol. The molecule has 0 aliphatic heterocycles. The summed E-state index contributed by atoms with van der Waals surface area (Å²) in [5.74, 6) is 2.69. The number of ether oxygens (including phenoxy) is 1. The molecule has 2 saturated carbocycles. The lowest BCUT2D eigenvalue weighted by atomic mass is 9.68. The molecule has 1 aromatic carbocycles. The van der Waals surface area contributed by atoms with Crippen LogP contribution in [0, 0.1) is 29.5 Å². The van der Waals surface area contributed by atoms with Gasteiger partial charge >= 0.3 is 6.36 Å². The number of hydrogen-bond donors (Lipinski definition) is 0. The molecule has 0 atom stereocenters. The van der Waals surface area contributed by atoms with E-state index in [1.54, 1.807) is 12.0 Å². The Kier molecular flexibility index (Phi) is 6.69. The Bertz CT molecular complexity index is 597. The van der Waals surface area contributed by atoms with E-state index in [1.807, 2.05) is 0 Å². The Morgan fingerprint density at radius 2 is 1.67 bits per heavy atom. The molecule has 2 fully saturated rings. The van der Waals surface area contributed by atoms with Gasteiger partial charge in [-0.2, -0.15) is 0 Å². The van der Waals surface area contributed by atoms with E-state index in [9.17, 15) is 17.6 Å². The van der Waals surface area contributed by atoms with E-state index in [2.05, 4.69) is 11.7 Å². The zero-order valence-corrected chi connectivity index (χ0v) is 15.9. The van der Waals surface area contributed by atoms with Gasteiger partial charge in [-0.25, -0.2) is 4.39 Å². The van der Waals surface area contributed by atoms with Crippen molar-refractivity contribution in [3.63, 3.8) is 0 Å². The molecule has 27 heavy (non-hydrogen) atoms. The molecule has 0 saturated heterocycles. The van der Waals surface area contributed by atoms with Gasteiger partial charge in [0, 0.05) is 5.92 Å². The van der Waals surface area contributed by atoms with E-state index >= 15 is 0 Å². The van der Waals surface area contributed by atoms with E-state index in [-0.39, 0.29) is 0 Å². The van der Waals surface area contributed by atoms with Crippen LogP contribution in [0.5, 0.6) is 5.75 Å². The van der Waals surface area contributed by atoms with E-state index < -0.39 is 17.9 Å². The number of hydrogen-bond acceptors (Lipinski definition) is 1. The highest BCUT2D eigenvalue weighted by Crippen LogP contribution is 2.45. The van der Waals surface area contributed by atoms with Crippen LogP contribution in [0.3, 0.4) is 0 Å². The van der Waals surface area contributed by atoms with Crippen LogP contribution >= 0.6 is 0 Å². The van der Waals surface area contributed by atoms with Crippen LogP contribution in [0.4, 0.5) is 17.6 Å². The third kappa shape index (κ3) is 5.61. The second-order valence-electron chi connectivity index (χ2n) is 7.96. The van der Waals surface area contributed by atoms with E-state index in [0.29, 0.717) is 11.5 Å². The molecule has 0 bridgehead atoms. The van der Waals surface area contributed by atoms with Gasteiger partial charge in [-0.1, -0.05) is 25.8 Å². The van der Waals surface area contributed by atoms with E-state index in [0.717, 1.165) is 43.6 Å². The van der Waals surface area contributed by atoms with Crippen LogP contribution in [-0.2, 0) is 0 Å². The fourth-order valence-electron chi connectivity index (χ4n) is 4.74. The summed E-state index contributed by atoms with van der Waals surface area (Å²) in [6, 6.07) is 3.81. The number of benzene rings is 1. The smallest absolute Gasteiger partial charge is 0.403 e. The summed E-state index contributed by atoms with van der Waals surface area (Å²) in [6.45, 7) is 2.25. The molecule has 0 spiro atoms. The monoisotopic (exact) mass is 384 g/mol. The molecular weight excluding hydrogens is 356 g/mol. The summed E-state index contributed by atoms with van der Waals surface area (Å²) in [5.41, 5.74) is 0.706. The van der Waals surface area contributed by atoms with Crippen molar-refractivity contribution in [1.82, 2.24) is 0 Å². The Labute approximate surface area is 159 Å². The summed E-state index contributed by atoms with van der Waals surface area (Å²) < 4.78 is 54.5. The van der Waals surface area contributed by atoms with Gasteiger partial charge in [-0.05, 0) is 86.8 Å². The topological polar surface area (TPSA) is 9.23 Å². The van der Waals surface area contributed by atoms with Crippen LogP contribution in [0.25, 0.3) is 0 Å². The molecule has 3 rings (SSSR count). The standard InChI is InChI=1S/C22H28F4O/c1-2-3-15-4-6-16(7-5-15)17-8-10-18(11-9-17)19-12-13-21(20(23)14-19)27-22(24,25)26/h12-15,17H,2-11H2,1H3. The van der Waals surface area contributed by atoms with Gasteiger partial charge in [0.15, 0.2) is 11.6 Å². The highest BCUT2D eigenvalue weighted by Gasteiger charge is 2.34. The van der Waals surface area contributed by atoms with Crippen molar-refractivity contribution in [2.45, 2.75) is 77.5 Å². The van der Waals surface area contributed by atoms with Crippen molar-refractivity contribution >= 4 is 0 Å². The summed E-state index contributed by atoms with van der Waals surface area (Å²) in [6.07, 6.45) is 6.82. The molecular formula is C22H28F4O. The van der Waals surface area contributed by atoms with Gasteiger partial charge in [-0.3, -0.25) is 0 Å². The zero-order valence-electron chi connectivity index (χ0n) is 15.9. The third-order valence-electron chi connectivity index (χ3n) is 6.18. The van der Waals surface area contributed by atoms with Crippen molar-refractivity contribution in [3.05, 3.63) is 41.4 Å². The highest BCUT2D eigenvalue weighted by molar-refractivity contribution is 5.37. The summed E-state index contributed by atoms with van der Waals surface area (Å²) in [5, 5.41) is 0. The van der Waals surface area contributed by atoms with Crippen molar-refractivity contribution in [2.75, 3.05) is 0 Å². The largest absolute Gasteiger partial charge is 0.573 e. The number of halogens is 4. The van der Waals surface area contributed by atoms with Gasteiger partial charge in [0.1, 0.15) is 0 Å². The molecule has 2 aliphatic carbocycles. The summed E-state index contributed by atoms with van der Waals surface area (Å²) in [4.78, 5) is 0. The van der Waals surface area contributed by atoms with Gasteiger partial charge < -0.3 is 4.74 Å². The minimum absolute atomic E-state index is 0.661. The maximum atomic E-state index is 14.0. The first-order valence-electron chi connectivity index (χ1n) is 10.1. The van der Waals surface area contributed by atoms with Crippen LogP contribution in [-0.4, -0.2) is 6.36 Å². The molecule has 5 heteroatoms. The zero-order chi connectivity index (χ0) is 19.4. The first-order chi connectivity index (χ1) is 12.9. The average molecular weight is 384 g/mol. The molecule has 2 radical (unpaired) electrons. The fourth-order valence-corrected chi connectivity index (χ4v) is 4.74. The highest BCUT2D eigenvalue weighted by atomic mass is 19.4. The van der Waals surface area contributed by atoms with Crippen LogP contribution < -0.4 is 4.74 Å². The molecule has 0 N–H and O–H groups in total. The predicted octanol–water partition coefficient (Wildman–Crippen LogP) is 7.40. The maximum Gasteiger partial charge on any atom is 0.573 e. The molecule has 1 nitrogen and oxygen atoms in total. The Morgan fingerprint density at radius 3 is 2.22 bits per heavy atom. The summed E-state index contributed by atoms with van der Waals surface area (Å²) >= 11 is 0. The minimum atomic E-state index is -4.87. The molecule has 0 heterocycles. The van der Waals surface area contributed by atoms with Gasteiger partial charge in [0.2, 0.25) is 0 Å². The molecule has 150 valence electrons. The molecule has 1 aromatic rings. The van der Waals surface area contributed by atoms with Crippen molar-refractivity contribution in [1.29, 1.82) is 0 Å². The van der Waals surface area contributed by atoms with E-state index in [1.165, 1.54) is 44.6 Å². The normalized spacial score (nSPS) is 21.5. The lowest BCUT2D eigenvalue weighted by molar-refractivity contribution is -0.275. The number of rotatable bonds is 5. The van der Waals surface area contributed by atoms with Crippen LogP contribution in [0.2, 0.25) is 0 Å². The van der Waals surface area contributed by atoms with Gasteiger partial charge in [0.25, 0.3) is 0 Å². The first-order valence-corrected chi connectivity index (χ1v) is 10.1. The molecule has 2 aliphatic rings. The lowest BCUT2D eigenvalue weighted by Gasteiger charge is -2.37. The van der Waals surface area contributed by atoms with Crippen LogP contribution in [0.1, 0.15) is 76.7 Å². The molecule has 0 unspecified atom stereocenters. The number of alkyl halides is 3. The van der Waals surface area contributed by atoms with Gasteiger partial charge in [0.05, 0.1) is 0 Å². The van der Waals surface area contributed by atoms with E-state index in [4.69, 9.17) is 0 Å². The van der Waals surface area contributed by atoms with Crippen molar-refractivity contribution in [2.24, 2.45) is 11.8 Å². The van der Waals surface area contributed by atoms with Crippen LogP contribution in [0.15, 0.2) is 18.2 Å². The Balaban J connectivity index is 1.51. The second-order valence-corrected chi connectivity index (χ2v) is 7.96. The minimum Gasteiger partial charge on any atom is -0.403 e. The second kappa shape index (κ2) is 8.83. The van der Waals surface area contributed by atoms with Crippen molar-refractivity contribution in [3.8, 4) is 5.75 Å². The van der Waals surface area contributed by atoms with Gasteiger partial charge in [-0.15, -0.1) is 13.2 Å². The van der Waals surface area contributed by atoms with Crippen molar-refractivity contribution < 1.29 is 22.3 Å².